The van der Waals surface area contributed by atoms with E-state index in [0.29, 0.717) is 28.4 Å². The average Bonchev–Trinajstić information content (AvgIpc) is 2.78. The number of hydrogen-bond acceptors (Lipinski definition) is 5. The number of aromatic nitrogens is 2. The lowest BCUT2D eigenvalue weighted by Crippen LogP contribution is -2.35. The van der Waals surface area contributed by atoms with Crippen molar-refractivity contribution in [3.8, 4) is 0 Å². The maximum Gasteiger partial charge on any atom is 0.159 e. The van der Waals surface area contributed by atoms with Crippen LogP contribution in [-0.4, -0.2) is 22.6 Å². The fourth-order valence-corrected chi connectivity index (χ4v) is 5.52. The van der Waals surface area contributed by atoms with Crippen LogP contribution in [-0.2, 0) is 0 Å². The third-order valence-electron chi connectivity index (χ3n) is 5.64. The molecule has 1 aromatic carbocycles. The van der Waals surface area contributed by atoms with Gasteiger partial charge in [0.2, 0.25) is 0 Å². The first kappa shape index (κ1) is 17.6. The number of benzene rings is 1. The van der Waals surface area contributed by atoms with Gasteiger partial charge in [0, 0.05) is 22.7 Å². The van der Waals surface area contributed by atoms with E-state index in [9.17, 15) is 0 Å². The van der Waals surface area contributed by atoms with Crippen LogP contribution in [0.3, 0.4) is 0 Å². The fourth-order valence-electron chi connectivity index (χ4n) is 5.13. The number of hydrogen-bond donors (Lipinski definition) is 2. The molecule has 1 aliphatic carbocycles. The Labute approximate surface area is 163 Å². The first-order chi connectivity index (χ1) is 12.2. The first-order valence-corrected chi connectivity index (χ1v) is 9.94. The number of fused-ring (bicyclic) bond motifs is 2. The van der Waals surface area contributed by atoms with Crippen molar-refractivity contribution in [2.45, 2.75) is 46.1 Å². The number of anilines is 4. The van der Waals surface area contributed by atoms with Gasteiger partial charge in [-0.05, 0) is 48.3 Å². The molecular weight excluding hydrogens is 390 g/mol. The summed E-state index contributed by atoms with van der Waals surface area (Å²) in [4.78, 5) is 11.4. The summed E-state index contributed by atoms with van der Waals surface area (Å²) in [5.74, 6) is 1.53. The largest absolute Gasteiger partial charge is 0.393 e. The molecule has 2 bridgehead atoms. The van der Waals surface area contributed by atoms with Gasteiger partial charge in [0.15, 0.2) is 11.6 Å². The molecule has 4 rings (SSSR count). The van der Waals surface area contributed by atoms with Gasteiger partial charge in [-0.25, -0.2) is 9.97 Å². The van der Waals surface area contributed by atoms with Gasteiger partial charge >= 0.3 is 0 Å². The van der Waals surface area contributed by atoms with Gasteiger partial charge in [-0.15, -0.1) is 0 Å². The normalized spacial score (nSPS) is 26.8. The zero-order chi connectivity index (χ0) is 18.5. The molecule has 1 aromatic heterocycles. The third kappa shape index (κ3) is 3.27. The molecule has 5 nitrogen and oxygen atoms in total. The van der Waals surface area contributed by atoms with Gasteiger partial charge < -0.3 is 16.0 Å². The maximum absolute atomic E-state index is 6.50. The van der Waals surface area contributed by atoms with E-state index in [1.54, 1.807) is 6.33 Å². The molecule has 3 N–H and O–H groups in total. The highest BCUT2D eigenvalue weighted by Gasteiger charge is 2.50. The number of nitrogen functional groups attached to an aromatic ring is 1. The molecule has 2 unspecified atom stereocenters. The van der Waals surface area contributed by atoms with Crippen LogP contribution in [0.1, 0.15) is 40.0 Å². The molecular formula is C20H26BrN5. The number of nitrogens with zero attached hydrogens (tertiary/aromatic N) is 3. The molecule has 1 aliphatic heterocycles. The Balaban J connectivity index is 1.64. The second-order valence-electron chi connectivity index (χ2n) is 8.94. The smallest absolute Gasteiger partial charge is 0.159 e. The summed E-state index contributed by atoms with van der Waals surface area (Å²) >= 11 is 3.50. The summed E-state index contributed by atoms with van der Waals surface area (Å²) in [6, 6.07) is 8.48. The van der Waals surface area contributed by atoms with Crippen LogP contribution in [0, 0.1) is 10.8 Å². The van der Waals surface area contributed by atoms with Gasteiger partial charge in [-0.2, -0.15) is 0 Å². The zero-order valence-corrected chi connectivity index (χ0v) is 17.2. The van der Waals surface area contributed by atoms with Crippen molar-refractivity contribution in [3.63, 3.8) is 0 Å². The highest BCUT2D eigenvalue weighted by atomic mass is 79.9. The molecule has 2 aromatic rings. The van der Waals surface area contributed by atoms with Crippen LogP contribution in [0.2, 0.25) is 0 Å². The van der Waals surface area contributed by atoms with Crippen molar-refractivity contribution in [1.82, 2.24) is 9.97 Å². The van der Waals surface area contributed by atoms with Crippen LogP contribution in [0.4, 0.5) is 23.0 Å². The lowest BCUT2D eigenvalue weighted by atomic mass is 9.65. The Morgan fingerprint density at radius 3 is 2.81 bits per heavy atom. The molecule has 0 radical (unpaired) electrons. The van der Waals surface area contributed by atoms with Crippen LogP contribution in [0.25, 0.3) is 0 Å². The zero-order valence-electron chi connectivity index (χ0n) is 15.6. The molecule has 138 valence electrons. The fraction of sp³-hybridized carbons (Fsp3) is 0.500. The number of nitrogens with two attached hydrogens (primary N) is 1. The van der Waals surface area contributed by atoms with Crippen LogP contribution < -0.4 is 16.0 Å². The van der Waals surface area contributed by atoms with E-state index >= 15 is 0 Å². The van der Waals surface area contributed by atoms with E-state index in [-0.39, 0.29) is 0 Å². The van der Waals surface area contributed by atoms with Crippen LogP contribution in [0.5, 0.6) is 0 Å². The average molecular weight is 416 g/mol. The monoisotopic (exact) mass is 415 g/mol. The SMILES string of the molecule is CC1(C)CC2CC(C)(CN2c2ncnc(Nc3cccc(Br)c3)c2N)C1. The summed E-state index contributed by atoms with van der Waals surface area (Å²) in [6.45, 7) is 8.17. The van der Waals surface area contributed by atoms with Crippen molar-refractivity contribution in [1.29, 1.82) is 0 Å². The van der Waals surface area contributed by atoms with Crippen molar-refractivity contribution in [3.05, 3.63) is 35.1 Å². The minimum Gasteiger partial charge on any atom is -0.393 e. The molecule has 2 aliphatic rings. The minimum absolute atomic E-state index is 0.335. The van der Waals surface area contributed by atoms with Crippen molar-refractivity contribution in [2.75, 3.05) is 22.5 Å². The van der Waals surface area contributed by atoms with E-state index in [1.807, 2.05) is 24.3 Å². The number of nitrogens with one attached hydrogen (secondary N) is 1. The molecule has 1 saturated heterocycles. The summed E-state index contributed by atoms with van der Waals surface area (Å²) in [5, 5.41) is 3.33. The highest BCUT2D eigenvalue weighted by Crippen LogP contribution is 2.54. The lowest BCUT2D eigenvalue weighted by Gasteiger charge is -2.39. The minimum atomic E-state index is 0.335. The molecule has 26 heavy (non-hydrogen) atoms. The summed E-state index contributed by atoms with van der Waals surface area (Å²) in [6.07, 6.45) is 5.26. The molecule has 2 fully saturated rings. The summed E-state index contributed by atoms with van der Waals surface area (Å²) < 4.78 is 1.01. The molecule has 1 saturated carbocycles. The van der Waals surface area contributed by atoms with E-state index in [4.69, 9.17) is 5.73 Å². The summed E-state index contributed by atoms with van der Waals surface area (Å²) in [7, 11) is 0. The number of halogens is 1. The molecule has 0 spiro atoms. The Morgan fingerprint density at radius 1 is 1.23 bits per heavy atom. The Hall–Kier alpha value is -1.82. The second-order valence-corrected chi connectivity index (χ2v) is 9.85. The first-order valence-electron chi connectivity index (χ1n) is 9.14. The van der Waals surface area contributed by atoms with Crippen LogP contribution >= 0.6 is 15.9 Å². The van der Waals surface area contributed by atoms with Crippen molar-refractivity contribution < 1.29 is 0 Å². The van der Waals surface area contributed by atoms with Gasteiger partial charge in [0.1, 0.15) is 12.0 Å². The van der Waals surface area contributed by atoms with E-state index < -0.39 is 0 Å². The van der Waals surface area contributed by atoms with Crippen molar-refractivity contribution >= 4 is 38.9 Å². The maximum atomic E-state index is 6.50. The summed E-state index contributed by atoms with van der Waals surface area (Å²) in [5.41, 5.74) is 8.78. The Kier molecular flexibility index (Phi) is 4.14. The van der Waals surface area contributed by atoms with Gasteiger partial charge in [0.25, 0.3) is 0 Å². The van der Waals surface area contributed by atoms with Gasteiger partial charge in [-0.3, -0.25) is 0 Å². The molecule has 2 heterocycles. The van der Waals surface area contributed by atoms with Gasteiger partial charge in [-0.1, -0.05) is 42.8 Å². The predicted molar refractivity (Wildman–Crippen MR) is 111 cm³/mol. The lowest BCUT2D eigenvalue weighted by molar-refractivity contribution is 0.136. The topological polar surface area (TPSA) is 67.1 Å². The molecule has 0 amide bonds. The molecule has 6 heteroatoms. The highest BCUT2D eigenvalue weighted by molar-refractivity contribution is 9.10. The predicted octanol–water partition coefficient (Wildman–Crippen LogP) is 4.97. The van der Waals surface area contributed by atoms with E-state index in [0.717, 1.165) is 22.5 Å². The standard InChI is InChI=1S/C20H26BrN5/c1-19(2)8-15-9-20(3,10-19)11-26(15)18-16(22)17(23-12-24-18)25-14-6-4-5-13(21)7-14/h4-7,12,15H,8-11,22H2,1-3H3,(H,23,24,25). The third-order valence-corrected chi connectivity index (χ3v) is 6.13. The quantitative estimate of drug-likeness (QED) is 0.740. The Morgan fingerprint density at radius 2 is 2.04 bits per heavy atom. The van der Waals surface area contributed by atoms with Crippen molar-refractivity contribution in [2.24, 2.45) is 10.8 Å². The Bertz CT molecular complexity index is 837. The number of rotatable bonds is 3. The van der Waals surface area contributed by atoms with Crippen LogP contribution in [0.15, 0.2) is 35.1 Å². The molecule has 2 atom stereocenters. The van der Waals surface area contributed by atoms with Gasteiger partial charge in [0.05, 0.1) is 0 Å². The van der Waals surface area contributed by atoms with E-state index in [2.05, 4.69) is 56.9 Å². The van der Waals surface area contributed by atoms with E-state index in [1.165, 1.54) is 19.3 Å². The second kappa shape index (κ2) is 6.12.